The molecule has 4 N–H and O–H groups in total. The lowest BCUT2D eigenvalue weighted by molar-refractivity contribution is -0.143. The van der Waals surface area contributed by atoms with Crippen LogP contribution in [0.2, 0.25) is 0 Å². The van der Waals surface area contributed by atoms with Gasteiger partial charge in [0, 0.05) is 18.7 Å². The van der Waals surface area contributed by atoms with Gasteiger partial charge >= 0.3 is 0 Å². The highest BCUT2D eigenvalue weighted by Crippen LogP contribution is 2.37. The van der Waals surface area contributed by atoms with Gasteiger partial charge < -0.3 is 21.3 Å². The van der Waals surface area contributed by atoms with Crippen molar-refractivity contribution in [3.8, 4) is 0 Å². The predicted octanol–water partition coefficient (Wildman–Crippen LogP) is 3.51. The van der Waals surface area contributed by atoms with Gasteiger partial charge in [-0.3, -0.25) is 14.4 Å². The van der Waals surface area contributed by atoms with Gasteiger partial charge in [-0.05, 0) is 41.3 Å². The van der Waals surface area contributed by atoms with Crippen molar-refractivity contribution in [2.24, 2.45) is 5.92 Å². The molecule has 0 saturated carbocycles. The molecule has 0 spiro atoms. The summed E-state index contributed by atoms with van der Waals surface area (Å²) < 4.78 is 28.3. The van der Waals surface area contributed by atoms with Crippen LogP contribution in [0.4, 0.5) is 20.2 Å². The summed E-state index contributed by atoms with van der Waals surface area (Å²) in [6.45, 7) is 5.51. The standard InChI is InChI=1S/C24H28F2N4O3/c1-4-13(3)20(28-19(31)5-2)24(33)30-12-14-9-10-15(27)11-16(14)22(30)23(32)29-21-17(25)7-6-8-18(21)26/h6-11,13,20,22H,4-5,12,27H2,1-3H3,(H,28,31)(H,29,32)/t13-,20-,22-/m0/s1. The van der Waals surface area contributed by atoms with Crippen molar-refractivity contribution in [1.82, 2.24) is 10.2 Å². The highest BCUT2D eigenvalue weighted by molar-refractivity contribution is 6.00. The molecule has 1 aliphatic rings. The minimum atomic E-state index is -1.17. The summed E-state index contributed by atoms with van der Waals surface area (Å²) in [6.07, 6.45) is 0.818. The molecule has 3 rings (SSSR count). The van der Waals surface area contributed by atoms with Gasteiger partial charge in [0.15, 0.2) is 0 Å². The Hall–Kier alpha value is -3.49. The Morgan fingerprint density at radius 1 is 1.15 bits per heavy atom. The van der Waals surface area contributed by atoms with Crippen LogP contribution < -0.4 is 16.4 Å². The number of nitrogens with zero attached hydrogens (tertiary/aromatic N) is 1. The van der Waals surface area contributed by atoms with Gasteiger partial charge in [0.25, 0.3) is 5.91 Å². The van der Waals surface area contributed by atoms with Crippen molar-refractivity contribution >= 4 is 29.1 Å². The van der Waals surface area contributed by atoms with Crippen LogP contribution in [0.5, 0.6) is 0 Å². The molecule has 9 heteroatoms. The zero-order valence-corrected chi connectivity index (χ0v) is 18.8. The van der Waals surface area contributed by atoms with Crippen molar-refractivity contribution in [3.63, 3.8) is 0 Å². The van der Waals surface area contributed by atoms with E-state index in [-0.39, 0.29) is 24.8 Å². The number of para-hydroxylation sites is 1. The van der Waals surface area contributed by atoms with E-state index in [9.17, 15) is 23.2 Å². The molecule has 3 amide bonds. The smallest absolute Gasteiger partial charge is 0.252 e. The third-order valence-electron chi connectivity index (χ3n) is 5.98. The number of carbonyl (C=O) groups is 3. The van der Waals surface area contributed by atoms with Gasteiger partial charge in [0.1, 0.15) is 29.4 Å². The number of fused-ring (bicyclic) bond motifs is 1. The van der Waals surface area contributed by atoms with Crippen LogP contribution in [-0.2, 0) is 20.9 Å². The number of carbonyl (C=O) groups excluding carboxylic acids is 3. The molecule has 3 atom stereocenters. The van der Waals surface area contributed by atoms with E-state index < -0.39 is 41.2 Å². The van der Waals surface area contributed by atoms with Gasteiger partial charge in [-0.1, -0.05) is 39.3 Å². The maximum absolute atomic E-state index is 14.2. The lowest BCUT2D eigenvalue weighted by Crippen LogP contribution is -2.52. The summed E-state index contributed by atoms with van der Waals surface area (Å²) in [5, 5.41) is 5.04. The first kappa shape index (κ1) is 24.2. The maximum atomic E-state index is 14.2. The van der Waals surface area contributed by atoms with Crippen molar-refractivity contribution in [1.29, 1.82) is 0 Å². The summed E-state index contributed by atoms with van der Waals surface area (Å²) in [5.41, 5.74) is 6.87. The minimum Gasteiger partial charge on any atom is -0.399 e. The summed E-state index contributed by atoms with van der Waals surface area (Å²) >= 11 is 0. The van der Waals surface area contributed by atoms with Crippen LogP contribution in [0.3, 0.4) is 0 Å². The molecule has 0 saturated heterocycles. The highest BCUT2D eigenvalue weighted by atomic mass is 19.1. The van der Waals surface area contributed by atoms with Gasteiger partial charge in [0.2, 0.25) is 11.8 Å². The lowest BCUT2D eigenvalue weighted by atomic mass is 9.96. The quantitative estimate of drug-likeness (QED) is 0.552. The van der Waals surface area contributed by atoms with Crippen LogP contribution in [0.15, 0.2) is 36.4 Å². The van der Waals surface area contributed by atoms with E-state index in [1.807, 2.05) is 13.8 Å². The number of rotatable bonds is 7. The van der Waals surface area contributed by atoms with Gasteiger partial charge in [-0.25, -0.2) is 8.78 Å². The Balaban J connectivity index is 2.00. The predicted molar refractivity (Wildman–Crippen MR) is 121 cm³/mol. The average Bonchev–Trinajstić information content (AvgIpc) is 3.17. The Bertz CT molecular complexity index is 1060. The molecule has 2 aromatic rings. The van der Waals surface area contributed by atoms with E-state index in [2.05, 4.69) is 10.6 Å². The molecule has 0 radical (unpaired) electrons. The number of anilines is 2. The maximum Gasteiger partial charge on any atom is 0.252 e. The van der Waals surface area contributed by atoms with Crippen molar-refractivity contribution in [3.05, 3.63) is 59.2 Å². The Kier molecular flexibility index (Phi) is 7.30. The normalized spacial score (nSPS) is 16.6. The molecule has 0 aromatic heterocycles. The highest BCUT2D eigenvalue weighted by Gasteiger charge is 2.42. The number of nitrogens with one attached hydrogen (secondary N) is 2. The molecule has 1 aliphatic heterocycles. The van der Waals surface area contributed by atoms with Crippen LogP contribution in [0.1, 0.15) is 50.8 Å². The first-order valence-corrected chi connectivity index (χ1v) is 10.9. The SMILES string of the molecule is CCC(=O)N[C@H](C(=O)N1Cc2ccc(N)cc2[C@H]1C(=O)Nc1c(F)cccc1F)[C@@H](C)CC. The fraction of sp³-hybridized carbons (Fsp3) is 0.375. The zero-order valence-electron chi connectivity index (χ0n) is 18.8. The fourth-order valence-corrected chi connectivity index (χ4v) is 3.89. The van der Waals surface area contributed by atoms with E-state index in [0.717, 1.165) is 12.1 Å². The minimum absolute atomic E-state index is 0.0984. The second-order valence-electron chi connectivity index (χ2n) is 8.20. The molecule has 176 valence electrons. The second-order valence-corrected chi connectivity index (χ2v) is 8.20. The summed E-state index contributed by atoms with van der Waals surface area (Å²) in [5.74, 6) is -3.57. The van der Waals surface area contributed by atoms with E-state index in [1.54, 1.807) is 25.1 Å². The number of nitrogen functional groups attached to an aromatic ring is 1. The zero-order chi connectivity index (χ0) is 24.3. The largest absolute Gasteiger partial charge is 0.399 e. The van der Waals surface area contributed by atoms with Crippen LogP contribution in [0, 0.1) is 17.6 Å². The fourth-order valence-electron chi connectivity index (χ4n) is 3.89. The Morgan fingerprint density at radius 3 is 2.42 bits per heavy atom. The van der Waals surface area contributed by atoms with Crippen LogP contribution in [-0.4, -0.2) is 28.7 Å². The van der Waals surface area contributed by atoms with E-state index in [1.165, 1.54) is 11.0 Å². The molecule has 7 nitrogen and oxygen atoms in total. The third kappa shape index (κ3) is 4.97. The number of nitrogens with two attached hydrogens (primary N) is 1. The lowest BCUT2D eigenvalue weighted by Gasteiger charge is -2.31. The molecule has 0 fully saturated rings. The third-order valence-corrected chi connectivity index (χ3v) is 5.98. The first-order valence-electron chi connectivity index (χ1n) is 10.9. The Morgan fingerprint density at radius 2 is 1.82 bits per heavy atom. The molecule has 0 bridgehead atoms. The number of amides is 3. The average molecular weight is 459 g/mol. The molecule has 2 aromatic carbocycles. The van der Waals surface area contributed by atoms with Gasteiger partial charge in [-0.2, -0.15) is 0 Å². The summed E-state index contributed by atoms with van der Waals surface area (Å²) in [6, 6.07) is 6.17. The topological polar surface area (TPSA) is 105 Å². The van der Waals surface area contributed by atoms with Crippen molar-refractivity contribution in [2.45, 2.75) is 52.2 Å². The van der Waals surface area contributed by atoms with Crippen LogP contribution in [0.25, 0.3) is 0 Å². The number of hydrogen-bond acceptors (Lipinski definition) is 4. The molecule has 33 heavy (non-hydrogen) atoms. The van der Waals surface area contributed by atoms with Crippen molar-refractivity contribution in [2.75, 3.05) is 11.1 Å². The molecular formula is C24H28F2N4O3. The van der Waals surface area contributed by atoms with Gasteiger partial charge in [0.05, 0.1) is 0 Å². The molecule has 0 aliphatic carbocycles. The molecule has 0 unspecified atom stereocenters. The Labute approximate surface area is 191 Å². The number of benzene rings is 2. The number of hydrogen-bond donors (Lipinski definition) is 3. The molecule has 1 heterocycles. The van der Waals surface area contributed by atoms with Crippen LogP contribution >= 0.6 is 0 Å². The van der Waals surface area contributed by atoms with E-state index >= 15 is 0 Å². The van der Waals surface area contributed by atoms with E-state index in [0.29, 0.717) is 23.2 Å². The van der Waals surface area contributed by atoms with E-state index in [4.69, 9.17) is 5.73 Å². The summed E-state index contributed by atoms with van der Waals surface area (Å²) in [7, 11) is 0. The van der Waals surface area contributed by atoms with Gasteiger partial charge in [-0.15, -0.1) is 0 Å². The second kappa shape index (κ2) is 9.97. The molecular weight excluding hydrogens is 430 g/mol. The summed E-state index contributed by atoms with van der Waals surface area (Å²) in [4.78, 5) is 40.3. The first-order chi connectivity index (χ1) is 15.7. The monoisotopic (exact) mass is 458 g/mol. The number of halogens is 2. The van der Waals surface area contributed by atoms with Crippen molar-refractivity contribution < 1.29 is 23.2 Å².